The molecule has 1 unspecified atom stereocenters. The molecule has 2 rings (SSSR count). The Labute approximate surface area is 119 Å². The van der Waals surface area contributed by atoms with Crippen molar-refractivity contribution >= 4 is 0 Å². The van der Waals surface area contributed by atoms with E-state index in [-0.39, 0.29) is 6.04 Å². The maximum Gasteiger partial charge on any atom is 0.231 e. The van der Waals surface area contributed by atoms with Crippen molar-refractivity contribution in [3.63, 3.8) is 0 Å². The van der Waals surface area contributed by atoms with Gasteiger partial charge in [0.05, 0.1) is 12.5 Å². The molecule has 0 spiro atoms. The van der Waals surface area contributed by atoms with E-state index < -0.39 is 0 Å². The van der Waals surface area contributed by atoms with E-state index in [1.165, 1.54) is 16.7 Å². The lowest BCUT2D eigenvalue weighted by molar-refractivity contribution is 0.348. The number of hydrogen-bond donors (Lipinski definition) is 1. The van der Waals surface area contributed by atoms with Crippen molar-refractivity contribution in [2.45, 2.75) is 26.3 Å². The average Bonchev–Trinajstić information content (AvgIpc) is 2.82. The molecule has 0 amide bonds. The molecule has 5 heteroatoms. The maximum absolute atomic E-state index is 6.02. The standard InChI is InChI=1S/C15H22N4O/c1-10-5-6-12(7-11(10)2)8-14-17-15(18-20-14)13(16)9-19(3)4/h5-7,13H,8-9,16H2,1-4H3. The summed E-state index contributed by atoms with van der Waals surface area (Å²) >= 11 is 0. The molecule has 1 aromatic carbocycles. The van der Waals surface area contributed by atoms with Crippen LogP contribution in [0.3, 0.4) is 0 Å². The molecule has 20 heavy (non-hydrogen) atoms. The quantitative estimate of drug-likeness (QED) is 0.901. The Morgan fingerprint density at radius 2 is 2.00 bits per heavy atom. The third-order valence-electron chi connectivity index (χ3n) is 3.30. The van der Waals surface area contributed by atoms with E-state index in [0.29, 0.717) is 24.7 Å². The van der Waals surface area contributed by atoms with Crippen molar-refractivity contribution in [2.75, 3.05) is 20.6 Å². The highest BCUT2D eigenvalue weighted by atomic mass is 16.5. The highest BCUT2D eigenvalue weighted by Crippen LogP contribution is 2.14. The van der Waals surface area contributed by atoms with Crippen LogP contribution in [0.2, 0.25) is 0 Å². The van der Waals surface area contributed by atoms with E-state index in [1.807, 2.05) is 19.0 Å². The van der Waals surface area contributed by atoms with Crippen molar-refractivity contribution in [3.8, 4) is 0 Å². The summed E-state index contributed by atoms with van der Waals surface area (Å²) in [7, 11) is 3.94. The van der Waals surface area contributed by atoms with E-state index in [9.17, 15) is 0 Å². The molecule has 2 N–H and O–H groups in total. The molecule has 0 aliphatic heterocycles. The Morgan fingerprint density at radius 1 is 1.25 bits per heavy atom. The topological polar surface area (TPSA) is 68.2 Å². The maximum atomic E-state index is 6.02. The van der Waals surface area contributed by atoms with E-state index in [1.54, 1.807) is 0 Å². The summed E-state index contributed by atoms with van der Waals surface area (Å²) in [5.74, 6) is 1.18. The van der Waals surface area contributed by atoms with Gasteiger partial charge in [-0.25, -0.2) is 0 Å². The van der Waals surface area contributed by atoms with Crippen LogP contribution in [0.15, 0.2) is 22.7 Å². The van der Waals surface area contributed by atoms with Crippen LogP contribution in [0.1, 0.15) is 34.4 Å². The monoisotopic (exact) mass is 274 g/mol. The van der Waals surface area contributed by atoms with Crippen LogP contribution in [0.4, 0.5) is 0 Å². The number of nitrogens with two attached hydrogens (primary N) is 1. The second kappa shape index (κ2) is 6.15. The Bertz CT molecular complexity index is 577. The zero-order chi connectivity index (χ0) is 14.7. The van der Waals surface area contributed by atoms with Gasteiger partial charge in [-0.15, -0.1) is 0 Å². The van der Waals surface area contributed by atoms with Crippen LogP contribution < -0.4 is 5.73 Å². The van der Waals surface area contributed by atoms with Gasteiger partial charge in [0, 0.05) is 6.54 Å². The van der Waals surface area contributed by atoms with Crippen molar-refractivity contribution < 1.29 is 4.52 Å². The van der Waals surface area contributed by atoms with Gasteiger partial charge in [-0.1, -0.05) is 23.4 Å². The molecule has 108 valence electrons. The molecule has 1 heterocycles. The van der Waals surface area contributed by atoms with E-state index in [4.69, 9.17) is 10.3 Å². The van der Waals surface area contributed by atoms with Gasteiger partial charge in [-0.05, 0) is 44.6 Å². The molecular weight excluding hydrogens is 252 g/mol. The van der Waals surface area contributed by atoms with Crippen LogP contribution >= 0.6 is 0 Å². The summed E-state index contributed by atoms with van der Waals surface area (Å²) in [6.45, 7) is 4.90. The van der Waals surface area contributed by atoms with E-state index in [0.717, 1.165) is 0 Å². The van der Waals surface area contributed by atoms with Crippen molar-refractivity contribution in [3.05, 3.63) is 46.6 Å². The van der Waals surface area contributed by atoms with Gasteiger partial charge in [0.2, 0.25) is 5.89 Å². The van der Waals surface area contributed by atoms with Gasteiger partial charge >= 0.3 is 0 Å². The van der Waals surface area contributed by atoms with E-state index >= 15 is 0 Å². The third kappa shape index (κ3) is 3.65. The fourth-order valence-corrected chi connectivity index (χ4v) is 2.05. The number of benzene rings is 1. The lowest BCUT2D eigenvalue weighted by Gasteiger charge is -2.12. The fourth-order valence-electron chi connectivity index (χ4n) is 2.05. The Morgan fingerprint density at radius 3 is 2.65 bits per heavy atom. The summed E-state index contributed by atoms with van der Waals surface area (Å²) in [5.41, 5.74) is 9.75. The normalized spacial score (nSPS) is 12.9. The first-order chi connectivity index (χ1) is 9.45. The second-order valence-electron chi connectivity index (χ2n) is 5.51. The van der Waals surface area contributed by atoms with Crippen molar-refractivity contribution in [1.29, 1.82) is 0 Å². The van der Waals surface area contributed by atoms with Gasteiger partial charge in [0.1, 0.15) is 0 Å². The van der Waals surface area contributed by atoms with Gasteiger partial charge < -0.3 is 15.2 Å². The van der Waals surface area contributed by atoms with Crippen LogP contribution in [-0.4, -0.2) is 35.7 Å². The molecule has 1 atom stereocenters. The lowest BCUT2D eigenvalue weighted by atomic mass is 10.0. The van der Waals surface area contributed by atoms with Gasteiger partial charge in [0.15, 0.2) is 5.82 Å². The number of hydrogen-bond acceptors (Lipinski definition) is 5. The molecule has 0 fully saturated rings. The molecule has 2 aromatic rings. The minimum absolute atomic E-state index is 0.220. The summed E-state index contributed by atoms with van der Waals surface area (Å²) < 4.78 is 5.28. The highest BCUT2D eigenvalue weighted by molar-refractivity contribution is 5.31. The predicted molar refractivity (Wildman–Crippen MR) is 78.5 cm³/mol. The summed E-state index contributed by atoms with van der Waals surface area (Å²) in [6.07, 6.45) is 0.642. The highest BCUT2D eigenvalue weighted by Gasteiger charge is 2.15. The second-order valence-corrected chi connectivity index (χ2v) is 5.51. The molecule has 0 saturated heterocycles. The molecule has 0 bridgehead atoms. The Balaban J connectivity index is 2.07. The first kappa shape index (κ1) is 14.7. The minimum Gasteiger partial charge on any atom is -0.339 e. The number of nitrogens with zero attached hydrogens (tertiary/aromatic N) is 3. The summed E-state index contributed by atoms with van der Waals surface area (Å²) in [6, 6.07) is 6.13. The van der Waals surface area contributed by atoms with Gasteiger partial charge in [-0.3, -0.25) is 0 Å². The van der Waals surface area contributed by atoms with E-state index in [2.05, 4.69) is 42.2 Å². The van der Waals surface area contributed by atoms with Crippen molar-refractivity contribution in [2.24, 2.45) is 5.73 Å². The molecule has 0 radical (unpaired) electrons. The summed E-state index contributed by atoms with van der Waals surface area (Å²) in [4.78, 5) is 6.39. The van der Waals surface area contributed by atoms with Crippen LogP contribution in [0.25, 0.3) is 0 Å². The number of rotatable bonds is 5. The molecule has 1 aromatic heterocycles. The first-order valence-electron chi connectivity index (χ1n) is 6.74. The largest absolute Gasteiger partial charge is 0.339 e. The SMILES string of the molecule is Cc1ccc(Cc2nc(C(N)CN(C)C)no2)cc1C. The Hall–Kier alpha value is -1.72. The lowest BCUT2D eigenvalue weighted by Crippen LogP contribution is -2.26. The van der Waals surface area contributed by atoms with Crippen molar-refractivity contribution in [1.82, 2.24) is 15.0 Å². The zero-order valence-corrected chi connectivity index (χ0v) is 12.6. The van der Waals surface area contributed by atoms with Gasteiger partial charge in [0.25, 0.3) is 0 Å². The van der Waals surface area contributed by atoms with Crippen LogP contribution in [-0.2, 0) is 6.42 Å². The van der Waals surface area contributed by atoms with Crippen LogP contribution in [0.5, 0.6) is 0 Å². The zero-order valence-electron chi connectivity index (χ0n) is 12.6. The molecule has 0 aliphatic carbocycles. The number of aromatic nitrogens is 2. The fraction of sp³-hybridized carbons (Fsp3) is 0.467. The predicted octanol–water partition coefficient (Wildman–Crippen LogP) is 1.84. The third-order valence-corrected chi connectivity index (χ3v) is 3.30. The number of likely N-dealkylation sites (N-methyl/N-ethyl adjacent to an activating group) is 1. The minimum atomic E-state index is -0.220. The smallest absolute Gasteiger partial charge is 0.231 e. The molecular formula is C15H22N4O. The first-order valence-corrected chi connectivity index (χ1v) is 6.74. The van der Waals surface area contributed by atoms with Crippen LogP contribution in [0, 0.1) is 13.8 Å². The Kier molecular flexibility index (Phi) is 4.52. The molecule has 0 saturated carbocycles. The summed E-state index contributed by atoms with van der Waals surface area (Å²) in [5, 5.41) is 3.97. The molecule has 0 aliphatic rings. The molecule has 5 nitrogen and oxygen atoms in total. The average molecular weight is 274 g/mol. The van der Waals surface area contributed by atoms with Gasteiger partial charge in [-0.2, -0.15) is 4.98 Å². The number of aryl methyl sites for hydroxylation is 2.